The van der Waals surface area contributed by atoms with Gasteiger partial charge in [-0.05, 0) is 61.7 Å². The molecule has 180 valence electrons. The average molecular weight is 514 g/mol. The Morgan fingerprint density at radius 2 is 0.892 bits per heavy atom. The van der Waals surface area contributed by atoms with Crippen LogP contribution in [0.25, 0.3) is 0 Å². The molecule has 0 radical (unpaired) electrons. The van der Waals surface area contributed by atoms with Gasteiger partial charge in [0.1, 0.15) is 0 Å². The first-order valence-corrected chi connectivity index (χ1v) is 15.6. The molecule has 0 saturated carbocycles. The van der Waals surface area contributed by atoms with Crippen LogP contribution in [0.3, 0.4) is 0 Å². The number of rotatable bonds is 2. The van der Waals surface area contributed by atoms with Crippen molar-refractivity contribution in [3.05, 3.63) is 127 Å². The topological polar surface area (TPSA) is 3.24 Å². The Labute approximate surface area is 222 Å². The summed E-state index contributed by atoms with van der Waals surface area (Å²) in [5, 5.41) is 8.69. The highest BCUT2D eigenvalue weighted by Gasteiger charge is 2.41. The summed E-state index contributed by atoms with van der Waals surface area (Å²) < 4.78 is 0. The van der Waals surface area contributed by atoms with Crippen LogP contribution >= 0.6 is 15.8 Å². The molecule has 37 heavy (non-hydrogen) atoms. The fourth-order valence-corrected chi connectivity index (χ4v) is 11.0. The van der Waals surface area contributed by atoms with Gasteiger partial charge in [0.25, 0.3) is 0 Å². The molecule has 0 fully saturated rings. The molecule has 2 aliphatic rings. The lowest BCUT2D eigenvalue weighted by Gasteiger charge is -2.45. The van der Waals surface area contributed by atoms with E-state index in [4.69, 9.17) is 0 Å². The van der Waals surface area contributed by atoms with Gasteiger partial charge >= 0.3 is 0 Å². The molecule has 3 heteroatoms. The van der Waals surface area contributed by atoms with Crippen LogP contribution in [0.5, 0.6) is 0 Å². The molecule has 7 rings (SSSR count). The van der Waals surface area contributed by atoms with Crippen LogP contribution < -0.4 is 36.7 Å². The number of hydrogen-bond donors (Lipinski definition) is 0. The minimum Gasteiger partial charge on any atom is -0.308 e. The Morgan fingerprint density at radius 3 is 1.32 bits per heavy atom. The SMILES string of the molecule is CC(C)(C)c1cc2c3c(c1)P(c1ccccc1)c1ccccc1N3c1ccccc1P2c1ccccc1. The van der Waals surface area contributed by atoms with E-state index in [1.54, 1.807) is 0 Å². The van der Waals surface area contributed by atoms with E-state index in [-0.39, 0.29) is 5.41 Å². The van der Waals surface area contributed by atoms with Crippen molar-refractivity contribution in [2.75, 3.05) is 4.90 Å². The standard InChI is InChI=1S/C34H29NP2/c1-34(2,3)24-22-31-33-32(23-24)37(26-16-8-5-9-17-26)30-21-13-11-19-28(30)35(33)27-18-10-12-20-29(27)36(31)25-14-6-4-7-15-25/h4-23H,1-3H3. The summed E-state index contributed by atoms with van der Waals surface area (Å²) in [6, 6.07) is 45.6. The number of para-hydroxylation sites is 2. The van der Waals surface area contributed by atoms with E-state index in [1.807, 2.05) is 0 Å². The van der Waals surface area contributed by atoms with Crippen molar-refractivity contribution in [2.24, 2.45) is 0 Å². The van der Waals surface area contributed by atoms with Gasteiger partial charge in [0.05, 0.1) is 17.1 Å². The molecule has 0 saturated heterocycles. The second kappa shape index (κ2) is 8.66. The summed E-state index contributed by atoms with van der Waals surface area (Å²) in [5.74, 6) is 0. The van der Waals surface area contributed by atoms with Crippen molar-refractivity contribution < 1.29 is 0 Å². The van der Waals surface area contributed by atoms with Gasteiger partial charge < -0.3 is 4.90 Å². The predicted octanol–water partition coefficient (Wildman–Crippen LogP) is 6.60. The largest absolute Gasteiger partial charge is 0.308 e. The zero-order valence-electron chi connectivity index (χ0n) is 21.4. The van der Waals surface area contributed by atoms with Crippen LogP contribution in [-0.4, -0.2) is 0 Å². The molecule has 2 atom stereocenters. The van der Waals surface area contributed by atoms with E-state index >= 15 is 0 Å². The molecule has 0 aliphatic carbocycles. The molecule has 1 nitrogen and oxygen atoms in total. The third-order valence-corrected chi connectivity index (χ3v) is 12.4. The van der Waals surface area contributed by atoms with Gasteiger partial charge in [0.2, 0.25) is 0 Å². The quantitative estimate of drug-likeness (QED) is 0.236. The second-order valence-corrected chi connectivity index (χ2v) is 15.1. The summed E-state index contributed by atoms with van der Waals surface area (Å²) in [4.78, 5) is 2.57. The third-order valence-electron chi connectivity index (χ3n) is 7.40. The molecule has 2 aliphatic heterocycles. The van der Waals surface area contributed by atoms with Crippen LogP contribution in [0.4, 0.5) is 17.1 Å². The van der Waals surface area contributed by atoms with E-state index < -0.39 is 15.8 Å². The lowest BCUT2D eigenvalue weighted by Crippen LogP contribution is -2.44. The predicted molar refractivity (Wildman–Crippen MR) is 164 cm³/mol. The molecule has 0 aromatic heterocycles. The van der Waals surface area contributed by atoms with Gasteiger partial charge in [-0.2, -0.15) is 0 Å². The van der Waals surface area contributed by atoms with Crippen molar-refractivity contribution in [3.8, 4) is 0 Å². The number of nitrogens with zero attached hydrogens (tertiary/aromatic N) is 1. The zero-order chi connectivity index (χ0) is 25.1. The molecule has 2 heterocycles. The molecule has 5 aromatic carbocycles. The van der Waals surface area contributed by atoms with E-state index in [1.165, 1.54) is 54.5 Å². The van der Waals surface area contributed by atoms with Crippen molar-refractivity contribution in [1.82, 2.24) is 0 Å². The van der Waals surface area contributed by atoms with Crippen LogP contribution in [0, 0.1) is 0 Å². The lowest BCUT2D eigenvalue weighted by molar-refractivity contribution is 0.591. The van der Waals surface area contributed by atoms with Gasteiger partial charge in [-0.1, -0.05) is 118 Å². The monoisotopic (exact) mass is 513 g/mol. The normalized spacial score (nSPS) is 17.5. The highest BCUT2D eigenvalue weighted by Crippen LogP contribution is 2.55. The van der Waals surface area contributed by atoms with Crippen molar-refractivity contribution in [1.29, 1.82) is 0 Å². The first-order valence-electron chi connectivity index (χ1n) is 12.9. The fraction of sp³-hybridized carbons (Fsp3) is 0.118. The summed E-state index contributed by atoms with van der Waals surface area (Å²) in [6.07, 6.45) is 0. The van der Waals surface area contributed by atoms with Gasteiger partial charge in [-0.3, -0.25) is 0 Å². The van der Waals surface area contributed by atoms with Crippen LogP contribution in [0.2, 0.25) is 0 Å². The van der Waals surface area contributed by atoms with Crippen LogP contribution in [0.1, 0.15) is 26.3 Å². The zero-order valence-corrected chi connectivity index (χ0v) is 23.2. The van der Waals surface area contributed by atoms with E-state index in [2.05, 4.69) is 147 Å². The van der Waals surface area contributed by atoms with E-state index in [0.29, 0.717) is 0 Å². The smallest absolute Gasteiger partial charge is 0.0629 e. The Bertz CT molecular complexity index is 1510. The second-order valence-electron chi connectivity index (χ2n) is 10.8. The molecule has 2 unspecified atom stereocenters. The number of benzene rings is 5. The Kier molecular flexibility index (Phi) is 5.37. The van der Waals surface area contributed by atoms with Gasteiger partial charge in [0, 0.05) is 21.2 Å². The number of anilines is 3. The van der Waals surface area contributed by atoms with Gasteiger partial charge in [-0.15, -0.1) is 0 Å². The number of hydrogen-bond acceptors (Lipinski definition) is 1. The van der Waals surface area contributed by atoms with Crippen molar-refractivity contribution >= 4 is 64.7 Å². The molecule has 0 amide bonds. The minimum atomic E-state index is -0.685. The Balaban J connectivity index is 1.63. The van der Waals surface area contributed by atoms with Crippen LogP contribution in [-0.2, 0) is 5.41 Å². The Hall–Kier alpha value is -3.24. The maximum Gasteiger partial charge on any atom is 0.0629 e. The summed E-state index contributed by atoms with van der Waals surface area (Å²) >= 11 is 0. The lowest BCUT2D eigenvalue weighted by atomic mass is 9.87. The highest BCUT2D eigenvalue weighted by molar-refractivity contribution is 7.82. The average Bonchev–Trinajstić information content (AvgIpc) is 2.93. The highest BCUT2D eigenvalue weighted by atomic mass is 31.1. The van der Waals surface area contributed by atoms with Crippen molar-refractivity contribution in [3.63, 3.8) is 0 Å². The number of fused-ring (bicyclic) bond motifs is 4. The van der Waals surface area contributed by atoms with Gasteiger partial charge in [-0.25, -0.2) is 0 Å². The first-order chi connectivity index (χ1) is 18.0. The summed E-state index contributed by atoms with van der Waals surface area (Å²) in [5.41, 5.74) is 5.54. The molecule has 5 aromatic rings. The van der Waals surface area contributed by atoms with Crippen molar-refractivity contribution in [2.45, 2.75) is 26.2 Å². The maximum atomic E-state index is 2.57. The van der Waals surface area contributed by atoms with E-state index in [9.17, 15) is 0 Å². The molecule has 0 bridgehead atoms. The molecule has 0 spiro atoms. The minimum absolute atomic E-state index is 0.0552. The first kappa shape index (κ1) is 22.9. The third kappa shape index (κ3) is 3.60. The molecular weight excluding hydrogens is 484 g/mol. The molecule has 0 N–H and O–H groups in total. The molecular formula is C34H29NP2. The maximum absolute atomic E-state index is 2.57. The van der Waals surface area contributed by atoms with E-state index in [0.717, 1.165) is 0 Å². The fourth-order valence-electron chi connectivity index (χ4n) is 5.63. The van der Waals surface area contributed by atoms with Gasteiger partial charge in [0.15, 0.2) is 0 Å². The Morgan fingerprint density at radius 1 is 0.486 bits per heavy atom. The summed E-state index contributed by atoms with van der Waals surface area (Å²) in [7, 11) is -1.37. The summed E-state index contributed by atoms with van der Waals surface area (Å²) in [6.45, 7) is 7.05. The van der Waals surface area contributed by atoms with Crippen LogP contribution in [0.15, 0.2) is 121 Å².